The fourth-order valence-electron chi connectivity index (χ4n) is 3.45. The van der Waals surface area contributed by atoms with Gasteiger partial charge in [-0.15, -0.1) is 0 Å². The zero-order valence-electron chi connectivity index (χ0n) is 17.2. The number of ether oxygens (including phenoxy) is 1. The van der Waals surface area contributed by atoms with E-state index in [-0.39, 0.29) is 36.8 Å². The van der Waals surface area contributed by atoms with Crippen LogP contribution >= 0.6 is 0 Å². The van der Waals surface area contributed by atoms with Gasteiger partial charge < -0.3 is 9.84 Å². The number of hydrogen-bond acceptors (Lipinski definition) is 6. The number of aryl methyl sites for hydroxylation is 1. The highest BCUT2D eigenvalue weighted by Gasteiger charge is 2.38. The first-order chi connectivity index (χ1) is 13.4. The van der Waals surface area contributed by atoms with Crippen LogP contribution in [0.25, 0.3) is 0 Å². The molecule has 2 rings (SSSR count). The van der Waals surface area contributed by atoms with Gasteiger partial charge in [-0.1, -0.05) is 0 Å². The van der Waals surface area contributed by atoms with E-state index in [0.717, 1.165) is 0 Å². The van der Waals surface area contributed by atoms with Crippen molar-refractivity contribution in [2.24, 2.45) is 10.9 Å². The summed E-state index contributed by atoms with van der Waals surface area (Å²) in [6.45, 7) is 10.4. The number of carboxylic acids is 1. The van der Waals surface area contributed by atoms with E-state index in [4.69, 9.17) is 4.74 Å². The number of pyridine rings is 1. The van der Waals surface area contributed by atoms with Crippen molar-refractivity contribution in [3.8, 4) is 0 Å². The predicted octanol–water partition coefficient (Wildman–Crippen LogP) is 1.53. The first-order valence-corrected chi connectivity index (χ1v) is 9.40. The largest absolute Gasteiger partial charge is 0.477 e. The van der Waals surface area contributed by atoms with E-state index in [0.29, 0.717) is 12.1 Å². The summed E-state index contributed by atoms with van der Waals surface area (Å²) in [5.41, 5.74) is -1.34. The van der Waals surface area contributed by atoms with Crippen LogP contribution in [0.4, 0.5) is 0 Å². The van der Waals surface area contributed by atoms with E-state index in [9.17, 15) is 24.3 Å². The number of esters is 1. The third-order valence-corrected chi connectivity index (χ3v) is 4.74. The molecule has 1 saturated heterocycles. The number of carbonyl (C=O) groups excluding carboxylic acids is 2. The lowest BCUT2D eigenvalue weighted by Crippen LogP contribution is -2.58. The Bertz CT molecular complexity index is 883. The van der Waals surface area contributed by atoms with Crippen molar-refractivity contribution in [1.29, 1.82) is 0 Å². The highest BCUT2D eigenvalue weighted by molar-refractivity contribution is 5.87. The van der Waals surface area contributed by atoms with E-state index < -0.39 is 29.1 Å². The Hall–Kier alpha value is -2.97. The van der Waals surface area contributed by atoms with Gasteiger partial charge >= 0.3 is 11.9 Å². The van der Waals surface area contributed by atoms with Crippen molar-refractivity contribution >= 4 is 24.6 Å². The average molecular weight is 405 g/mol. The molecule has 2 atom stereocenters. The minimum atomic E-state index is -1.34. The molecular formula is C20H27N3O6. The zero-order chi connectivity index (χ0) is 21.9. The van der Waals surface area contributed by atoms with E-state index >= 15 is 0 Å². The summed E-state index contributed by atoms with van der Waals surface area (Å²) < 4.78 is 6.76. The molecule has 1 N–H and O–H groups in total. The molecule has 9 heteroatoms. The Morgan fingerprint density at radius 2 is 1.97 bits per heavy atom. The summed E-state index contributed by atoms with van der Waals surface area (Å²) in [5.74, 6) is -2.35. The third-order valence-electron chi connectivity index (χ3n) is 4.74. The predicted molar refractivity (Wildman–Crippen MR) is 107 cm³/mol. The van der Waals surface area contributed by atoms with Crippen LogP contribution in [-0.2, 0) is 14.3 Å². The molecule has 0 aromatic carbocycles. The Labute approximate surface area is 169 Å². The van der Waals surface area contributed by atoms with Gasteiger partial charge in [0.05, 0.1) is 0 Å². The molecular weight excluding hydrogens is 378 g/mol. The Morgan fingerprint density at radius 3 is 2.52 bits per heavy atom. The lowest BCUT2D eigenvalue weighted by Gasteiger charge is -2.41. The van der Waals surface area contributed by atoms with Gasteiger partial charge in [-0.2, -0.15) is 0 Å². The van der Waals surface area contributed by atoms with Gasteiger partial charge in [-0.25, -0.2) is 19.3 Å². The van der Waals surface area contributed by atoms with Crippen LogP contribution in [0.2, 0.25) is 0 Å². The third kappa shape index (κ3) is 5.30. The van der Waals surface area contributed by atoms with Crippen molar-refractivity contribution in [2.75, 3.05) is 11.6 Å². The summed E-state index contributed by atoms with van der Waals surface area (Å²) in [6.07, 6.45) is 0.961. The molecule has 0 bridgehead atoms. The molecule has 0 aliphatic carbocycles. The minimum Gasteiger partial charge on any atom is -0.477 e. The normalized spacial score (nSPS) is 19.5. The molecule has 1 amide bonds. The summed E-state index contributed by atoms with van der Waals surface area (Å²) in [7, 11) is 0. The van der Waals surface area contributed by atoms with Crippen LogP contribution in [0.5, 0.6) is 0 Å². The van der Waals surface area contributed by atoms with Gasteiger partial charge in [0.25, 0.3) is 5.56 Å². The van der Waals surface area contributed by atoms with Gasteiger partial charge in [0.2, 0.25) is 5.91 Å². The number of carboxylic acid groups (broad SMARTS) is 1. The number of aliphatic imine (C=N–C) groups is 1. The molecule has 1 aromatic rings. The summed E-state index contributed by atoms with van der Waals surface area (Å²) in [6, 6.07) is 1.93. The molecule has 2 unspecified atom stereocenters. The molecule has 1 fully saturated rings. The Morgan fingerprint density at radius 1 is 1.31 bits per heavy atom. The molecule has 2 heterocycles. The van der Waals surface area contributed by atoms with Crippen LogP contribution in [0.1, 0.15) is 56.1 Å². The monoisotopic (exact) mass is 405 g/mol. The lowest BCUT2D eigenvalue weighted by atomic mass is 9.88. The number of piperidine rings is 1. The second-order valence-corrected chi connectivity index (χ2v) is 8.17. The topological polar surface area (TPSA) is 118 Å². The fraction of sp³-hybridized carbons (Fsp3) is 0.550. The minimum absolute atomic E-state index is 0.125. The first-order valence-electron chi connectivity index (χ1n) is 9.40. The van der Waals surface area contributed by atoms with E-state index in [1.54, 1.807) is 32.7 Å². The van der Waals surface area contributed by atoms with Crippen molar-refractivity contribution in [3.05, 3.63) is 33.7 Å². The second kappa shape index (κ2) is 8.59. The zero-order valence-corrected chi connectivity index (χ0v) is 17.2. The standard InChI is InChI=1S/C20H27N3O6/c1-12-6-7-14(18(26)27)17(25)23(12)22-9-8-13(11-16(24)21-5)10-15(22)19(28)29-20(2,3)4/h6-7,13,15H,5,8-11H2,1-4H3,(H,26,27). The van der Waals surface area contributed by atoms with Crippen molar-refractivity contribution in [2.45, 2.75) is 58.6 Å². The number of rotatable bonds is 5. The van der Waals surface area contributed by atoms with Crippen LogP contribution < -0.4 is 10.6 Å². The van der Waals surface area contributed by atoms with Crippen molar-refractivity contribution < 1.29 is 24.2 Å². The lowest BCUT2D eigenvalue weighted by molar-refractivity contribution is -0.158. The second-order valence-electron chi connectivity index (χ2n) is 8.17. The van der Waals surface area contributed by atoms with Crippen LogP contribution in [0, 0.1) is 12.8 Å². The van der Waals surface area contributed by atoms with Gasteiger partial charge in [0, 0.05) is 18.7 Å². The van der Waals surface area contributed by atoms with E-state index in [2.05, 4.69) is 11.7 Å². The number of nitrogens with zero attached hydrogens (tertiary/aromatic N) is 3. The Balaban J connectivity index is 2.46. The quantitative estimate of drug-likeness (QED) is 0.583. The first kappa shape index (κ1) is 22.3. The van der Waals surface area contributed by atoms with E-state index in [1.807, 2.05) is 0 Å². The molecule has 9 nitrogen and oxygen atoms in total. The fourth-order valence-corrected chi connectivity index (χ4v) is 3.45. The maximum absolute atomic E-state index is 12.9. The smallest absolute Gasteiger partial charge is 0.341 e. The maximum atomic E-state index is 12.9. The molecule has 0 spiro atoms. The molecule has 1 aliphatic rings. The van der Waals surface area contributed by atoms with Crippen LogP contribution in [-0.4, -0.2) is 52.5 Å². The molecule has 158 valence electrons. The number of aromatic nitrogens is 1. The average Bonchev–Trinajstić information content (AvgIpc) is 2.60. The number of carbonyl (C=O) groups is 3. The SMILES string of the molecule is C=NC(=O)CC1CCN(n2c(C)ccc(C(=O)O)c2=O)C(C(=O)OC(C)(C)C)C1. The van der Waals surface area contributed by atoms with Crippen molar-refractivity contribution in [1.82, 2.24) is 4.68 Å². The van der Waals surface area contributed by atoms with Gasteiger partial charge in [0.15, 0.2) is 0 Å². The van der Waals surface area contributed by atoms with Gasteiger partial charge in [-0.3, -0.25) is 14.6 Å². The highest BCUT2D eigenvalue weighted by atomic mass is 16.6. The molecule has 1 aromatic heterocycles. The van der Waals surface area contributed by atoms with Gasteiger partial charge in [0.1, 0.15) is 17.2 Å². The number of amides is 1. The highest BCUT2D eigenvalue weighted by Crippen LogP contribution is 2.27. The van der Waals surface area contributed by atoms with Crippen LogP contribution in [0.15, 0.2) is 21.9 Å². The van der Waals surface area contributed by atoms with E-state index in [1.165, 1.54) is 16.8 Å². The van der Waals surface area contributed by atoms with Crippen molar-refractivity contribution in [3.63, 3.8) is 0 Å². The summed E-state index contributed by atoms with van der Waals surface area (Å²) in [4.78, 5) is 52.2. The van der Waals surface area contributed by atoms with Crippen LogP contribution in [0.3, 0.4) is 0 Å². The Kier molecular flexibility index (Phi) is 6.61. The summed E-state index contributed by atoms with van der Waals surface area (Å²) in [5, 5.41) is 10.8. The summed E-state index contributed by atoms with van der Waals surface area (Å²) >= 11 is 0. The molecule has 1 aliphatic heterocycles. The van der Waals surface area contributed by atoms with Gasteiger partial charge in [-0.05, 0) is 65.3 Å². The molecule has 0 radical (unpaired) electrons. The molecule has 29 heavy (non-hydrogen) atoms. The molecule has 0 saturated carbocycles. The maximum Gasteiger partial charge on any atom is 0.341 e. The number of hydrogen-bond donors (Lipinski definition) is 1. The number of aromatic carboxylic acids is 1.